The molecular formula is C24H25ClN2O5. The Labute approximate surface area is 191 Å². The van der Waals surface area contributed by atoms with Crippen LogP contribution in [-0.4, -0.2) is 56.6 Å². The van der Waals surface area contributed by atoms with E-state index in [4.69, 9.17) is 25.5 Å². The summed E-state index contributed by atoms with van der Waals surface area (Å²) in [6, 6.07) is 9.67. The van der Waals surface area contributed by atoms with Crippen molar-refractivity contribution in [1.82, 2.24) is 9.80 Å². The van der Waals surface area contributed by atoms with E-state index in [2.05, 4.69) is 0 Å². The van der Waals surface area contributed by atoms with Crippen molar-refractivity contribution in [3.63, 3.8) is 0 Å². The maximum atomic E-state index is 13.5. The molecule has 32 heavy (non-hydrogen) atoms. The van der Waals surface area contributed by atoms with Crippen LogP contribution < -0.4 is 14.9 Å². The summed E-state index contributed by atoms with van der Waals surface area (Å²) in [6.45, 7) is 3.44. The maximum absolute atomic E-state index is 13.5. The van der Waals surface area contributed by atoms with Crippen LogP contribution in [-0.2, 0) is 0 Å². The van der Waals surface area contributed by atoms with Crippen LogP contribution >= 0.6 is 11.6 Å². The number of rotatable bonds is 7. The first-order valence-corrected chi connectivity index (χ1v) is 10.8. The number of benzene rings is 2. The van der Waals surface area contributed by atoms with Gasteiger partial charge in [-0.05, 0) is 56.9 Å². The number of likely N-dealkylation sites (N-methyl/N-ethyl adjacent to an activating group) is 1. The van der Waals surface area contributed by atoms with Crippen molar-refractivity contribution in [1.29, 1.82) is 0 Å². The minimum Gasteiger partial charge on any atom is -0.493 e. The van der Waals surface area contributed by atoms with Crippen molar-refractivity contribution in [3.8, 4) is 11.5 Å². The molecule has 168 valence electrons. The topological polar surface area (TPSA) is 72.2 Å². The number of fused-ring (bicyclic) bond motifs is 2. The van der Waals surface area contributed by atoms with Gasteiger partial charge in [-0.2, -0.15) is 0 Å². The van der Waals surface area contributed by atoms with Crippen LogP contribution in [0.5, 0.6) is 11.5 Å². The van der Waals surface area contributed by atoms with E-state index >= 15 is 0 Å². The molecule has 1 atom stereocenters. The maximum Gasteiger partial charge on any atom is 0.290 e. The van der Waals surface area contributed by atoms with Gasteiger partial charge in [0.15, 0.2) is 16.9 Å². The normalized spacial score (nSPS) is 15.5. The van der Waals surface area contributed by atoms with Gasteiger partial charge in [0.1, 0.15) is 5.58 Å². The quantitative estimate of drug-likeness (QED) is 0.536. The van der Waals surface area contributed by atoms with Gasteiger partial charge in [0.2, 0.25) is 5.76 Å². The fourth-order valence-electron chi connectivity index (χ4n) is 4.01. The highest BCUT2D eigenvalue weighted by Gasteiger charge is 2.42. The summed E-state index contributed by atoms with van der Waals surface area (Å²) in [6.07, 6.45) is 0. The Morgan fingerprint density at radius 3 is 2.59 bits per heavy atom. The van der Waals surface area contributed by atoms with Crippen LogP contribution in [0.3, 0.4) is 0 Å². The molecule has 2 aromatic carbocycles. The second-order valence-electron chi connectivity index (χ2n) is 7.86. The van der Waals surface area contributed by atoms with Crippen LogP contribution in [0, 0.1) is 0 Å². The Bertz CT molecular complexity index is 1240. The summed E-state index contributed by atoms with van der Waals surface area (Å²) in [4.78, 5) is 30.6. The molecule has 1 aromatic heterocycles. The van der Waals surface area contributed by atoms with Gasteiger partial charge in [0.25, 0.3) is 5.91 Å². The lowest BCUT2D eigenvalue weighted by Crippen LogP contribution is -2.35. The minimum absolute atomic E-state index is 0.0708. The lowest BCUT2D eigenvalue weighted by atomic mass is 9.98. The zero-order valence-corrected chi connectivity index (χ0v) is 19.2. The third-order valence-electron chi connectivity index (χ3n) is 5.52. The molecule has 0 N–H and O–H groups in total. The molecule has 0 fully saturated rings. The molecule has 0 radical (unpaired) electrons. The predicted molar refractivity (Wildman–Crippen MR) is 123 cm³/mol. The van der Waals surface area contributed by atoms with Crippen LogP contribution in [0.4, 0.5) is 0 Å². The number of hydrogen-bond acceptors (Lipinski definition) is 6. The molecule has 0 aliphatic carbocycles. The fourth-order valence-corrected chi connectivity index (χ4v) is 4.18. The number of halogens is 1. The van der Waals surface area contributed by atoms with Gasteiger partial charge >= 0.3 is 0 Å². The number of ether oxygens (including phenoxy) is 2. The summed E-state index contributed by atoms with van der Waals surface area (Å²) in [7, 11) is 5.42. The van der Waals surface area contributed by atoms with E-state index in [9.17, 15) is 9.59 Å². The number of hydrogen-bond donors (Lipinski definition) is 0. The molecule has 0 saturated carbocycles. The Balaban J connectivity index is 1.92. The number of nitrogens with zero attached hydrogens (tertiary/aromatic N) is 2. The zero-order chi connectivity index (χ0) is 23.0. The average molecular weight is 457 g/mol. The van der Waals surface area contributed by atoms with E-state index in [0.29, 0.717) is 52.8 Å². The van der Waals surface area contributed by atoms with Crippen LogP contribution in [0.15, 0.2) is 45.6 Å². The molecule has 1 aliphatic rings. The summed E-state index contributed by atoms with van der Waals surface area (Å²) in [5.74, 6) is 0.890. The Morgan fingerprint density at radius 1 is 1.12 bits per heavy atom. The smallest absolute Gasteiger partial charge is 0.290 e. The monoisotopic (exact) mass is 456 g/mol. The zero-order valence-electron chi connectivity index (χ0n) is 18.5. The lowest BCUT2D eigenvalue weighted by Gasteiger charge is -2.27. The molecule has 1 amide bonds. The van der Waals surface area contributed by atoms with Gasteiger partial charge in [0, 0.05) is 18.1 Å². The first kappa shape index (κ1) is 22.2. The molecule has 2 heterocycles. The van der Waals surface area contributed by atoms with Crippen molar-refractivity contribution >= 4 is 28.5 Å². The van der Waals surface area contributed by atoms with Crippen LogP contribution in [0.25, 0.3) is 11.0 Å². The highest BCUT2D eigenvalue weighted by atomic mass is 35.5. The third kappa shape index (κ3) is 3.82. The lowest BCUT2D eigenvalue weighted by molar-refractivity contribution is 0.0716. The molecule has 0 unspecified atom stereocenters. The van der Waals surface area contributed by atoms with E-state index in [0.717, 1.165) is 5.56 Å². The second kappa shape index (κ2) is 8.84. The number of methoxy groups -OCH3 is 1. The molecule has 3 aromatic rings. The van der Waals surface area contributed by atoms with Gasteiger partial charge in [-0.15, -0.1) is 0 Å². The minimum atomic E-state index is -0.610. The van der Waals surface area contributed by atoms with Crippen molar-refractivity contribution in [2.45, 2.75) is 13.0 Å². The van der Waals surface area contributed by atoms with Gasteiger partial charge in [-0.1, -0.05) is 17.7 Å². The largest absolute Gasteiger partial charge is 0.493 e. The van der Waals surface area contributed by atoms with E-state index in [1.165, 1.54) is 0 Å². The standard InChI is InChI=1S/C24H25ClN2O5/c1-5-31-18-8-6-14(12-19(18)30-4)21-20-22(28)16-13-15(25)7-9-17(16)32-23(20)24(29)27(21)11-10-26(2)3/h6-9,12-13,21H,5,10-11H2,1-4H3/t21-/m1/s1. The second-order valence-corrected chi connectivity index (χ2v) is 8.30. The first-order chi connectivity index (χ1) is 15.3. The Hall–Kier alpha value is -3.03. The van der Waals surface area contributed by atoms with Crippen LogP contribution in [0.2, 0.25) is 5.02 Å². The van der Waals surface area contributed by atoms with Gasteiger partial charge in [-0.25, -0.2) is 0 Å². The van der Waals surface area contributed by atoms with Crippen molar-refractivity contribution in [3.05, 3.63) is 68.5 Å². The summed E-state index contributed by atoms with van der Waals surface area (Å²) in [5.41, 5.74) is 1.13. The molecule has 7 nitrogen and oxygen atoms in total. The summed E-state index contributed by atoms with van der Waals surface area (Å²) in [5, 5.41) is 0.777. The molecule has 1 aliphatic heterocycles. The first-order valence-electron chi connectivity index (χ1n) is 10.4. The highest BCUT2D eigenvalue weighted by Crippen LogP contribution is 2.41. The summed E-state index contributed by atoms with van der Waals surface area (Å²) < 4.78 is 17.1. The Kier molecular flexibility index (Phi) is 6.13. The van der Waals surface area contributed by atoms with E-state index in [1.807, 2.05) is 38.1 Å². The van der Waals surface area contributed by atoms with Crippen molar-refractivity contribution < 1.29 is 18.7 Å². The number of carbonyl (C=O) groups is 1. The van der Waals surface area contributed by atoms with Crippen molar-refractivity contribution in [2.75, 3.05) is 40.9 Å². The van der Waals surface area contributed by atoms with Gasteiger partial charge in [-0.3, -0.25) is 9.59 Å². The molecule has 4 rings (SSSR count). The van der Waals surface area contributed by atoms with Gasteiger partial charge in [0.05, 0.1) is 30.7 Å². The van der Waals surface area contributed by atoms with E-state index < -0.39 is 6.04 Å². The molecular weight excluding hydrogens is 432 g/mol. The van der Waals surface area contributed by atoms with E-state index in [-0.39, 0.29) is 17.1 Å². The highest BCUT2D eigenvalue weighted by molar-refractivity contribution is 6.31. The third-order valence-corrected chi connectivity index (χ3v) is 5.75. The fraction of sp³-hybridized carbons (Fsp3) is 0.333. The van der Waals surface area contributed by atoms with E-state index in [1.54, 1.807) is 36.3 Å². The van der Waals surface area contributed by atoms with Crippen molar-refractivity contribution in [2.24, 2.45) is 0 Å². The molecule has 8 heteroatoms. The molecule has 0 spiro atoms. The molecule has 0 bridgehead atoms. The number of carbonyl (C=O) groups excluding carboxylic acids is 1. The van der Waals surface area contributed by atoms with Gasteiger partial charge < -0.3 is 23.7 Å². The predicted octanol–water partition coefficient (Wildman–Crippen LogP) is 3.96. The van der Waals surface area contributed by atoms with Crippen LogP contribution in [0.1, 0.15) is 34.6 Å². The summed E-state index contributed by atoms with van der Waals surface area (Å²) >= 11 is 6.13. The number of amides is 1. The SMILES string of the molecule is CCOc1ccc([C@@H]2c3c(oc4ccc(Cl)cc4c3=O)C(=O)N2CCN(C)C)cc1OC. The molecule has 0 saturated heterocycles. The average Bonchev–Trinajstić information content (AvgIpc) is 3.05. The Morgan fingerprint density at radius 2 is 1.91 bits per heavy atom.